The Morgan fingerprint density at radius 2 is 1.93 bits per heavy atom. The molecule has 2 heterocycles. The SMILES string of the molecule is N=C(OC(N)c1cnc2c(c1)C(=O)N(Cc1ccc(C(F)(F)F)cc1)C2)C(F)F. The molecule has 1 aromatic carbocycles. The van der Waals surface area contributed by atoms with Crippen LogP contribution in [0.4, 0.5) is 22.0 Å². The third-order valence-electron chi connectivity index (χ3n) is 4.28. The molecule has 0 saturated heterocycles. The number of alkyl halides is 5. The lowest BCUT2D eigenvalue weighted by Crippen LogP contribution is -2.24. The Hall–Kier alpha value is -3.08. The van der Waals surface area contributed by atoms with Gasteiger partial charge in [0.25, 0.3) is 11.8 Å². The third-order valence-corrected chi connectivity index (χ3v) is 4.28. The summed E-state index contributed by atoms with van der Waals surface area (Å²) in [4.78, 5) is 18.1. The molecule has 1 amide bonds. The number of hydrogen-bond acceptors (Lipinski definition) is 5. The fraction of sp³-hybridized carbons (Fsp3) is 0.278. The van der Waals surface area contributed by atoms with Crippen molar-refractivity contribution in [1.82, 2.24) is 9.88 Å². The van der Waals surface area contributed by atoms with Crippen LogP contribution in [0.25, 0.3) is 0 Å². The summed E-state index contributed by atoms with van der Waals surface area (Å²) < 4.78 is 67.3. The van der Waals surface area contributed by atoms with Crippen molar-refractivity contribution >= 4 is 11.8 Å². The number of amides is 1. The summed E-state index contributed by atoms with van der Waals surface area (Å²) in [6.07, 6.45) is -7.70. The van der Waals surface area contributed by atoms with Crippen LogP contribution in [-0.2, 0) is 24.0 Å². The minimum atomic E-state index is -4.44. The van der Waals surface area contributed by atoms with Crippen molar-refractivity contribution in [2.24, 2.45) is 5.73 Å². The maximum atomic E-state index is 12.6. The van der Waals surface area contributed by atoms with Crippen LogP contribution < -0.4 is 5.73 Å². The van der Waals surface area contributed by atoms with Crippen LogP contribution >= 0.6 is 0 Å². The number of pyridine rings is 1. The van der Waals surface area contributed by atoms with Crippen LogP contribution in [0.15, 0.2) is 36.5 Å². The molecular formula is C18H15F5N4O2. The Bertz CT molecular complexity index is 931. The van der Waals surface area contributed by atoms with E-state index in [1.807, 2.05) is 0 Å². The fourth-order valence-electron chi connectivity index (χ4n) is 2.80. The summed E-state index contributed by atoms with van der Waals surface area (Å²) in [5.74, 6) is -1.72. The number of aromatic nitrogens is 1. The Morgan fingerprint density at radius 1 is 1.28 bits per heavy atom. The van der Waals surface area contributed by atoms with E-state index < -0.39 is 36.2 Å². The van der Waals surface area contributed by atoms with Crippen molar-refractivity contribution in [2.75, 3.05) is 0 Å². The molecule has 3 N–H and O–H groups in total. The number of carbonyl (C=O) groups excluding carboxylic acids is 1. The van der Waals surface area contributed by atoms with Gasteiger partial charge in [-0.1, -0.05) is 12.1 Å². The largest absolute Gasteiger partial charge is 0.454 e. The second-order valence-electron chi connectivity index (χ2n) is 6.32. The van der Waals surface area contributed by atoms with E-state index in [1.165, 1.54) is 29.3 Å². The van der Waals surface area contributed by atoms with Crippen LogP contribution in [0.1, 0.15) is 39.0 Å². The van der Waals surface area contributed by atoms with E-state index in [9.17, 15) is 26.7 Å². The number of nitrogens with two attached hydrogens (primary N) is 1. The highest BCUT2D eigenvalue weighted by Gasteiger charge is 2.32. The van der Waals surface area contributed by atoms with Crippen molar-refractivity contribution in [3.05, 3.63) is 64.5 Å². The van der Waals surface area contributed by atoms with E-state index in [-0.39, 0.29) is 24.2 Å². The first-order chi connectivity index (χ1) is 13.6. The number of fused-ring (bicyclic) bond motifs is 1. The quantitative estimate of drug-likeness (QED) is 0.339. The lowest BCUT2D eigenvalue weighted by molar-refractivity contribution is -0.137. The first kappa shape index (κ1) is 20.6. The Balaban J connectivity index is 1.72. The topological polar surface area (TPSA) is 92.3 Å². The summed E-state index contributed by atoms with van der Waals surface area (Å²) in [5.41, 5.74) is 6.09. The van der Waals surface area contributed by atoms with Gasteiger partial charge in [-0.15, -0.1) is 0 Å². The van der Waals surface area contributed by atoms with Gasteiger partial charge in [-0.05, 0) is 23.8 Å². The van der Waals surface area contributed by atoms with Gasteiger partial charge in [0.05, 0.1) is 23.4 Å². The summed E-state index contributed by atoms with van der Waals surface area (Å²) in [7, 11) is 0. The maximum Gasteiger partial charge on any atom is 0.416 e. The van der Waals surface area contributed by atoms with Gasteiger partial charge in [0.15, 0.2) is 6.23 Å². The van der Waals surface area contributed by atoms with Crippen LogP contribution in [0.5, 0.6) is 0 Å². The average molecular weight is 414 g/mol. The molecule has 0 aliphatic carbocycles. The van der Waals surface area contributed by atoms with Gasteiger partial charge < -0.3 is 9.64 Å². The van der Waals surface area contributed by atoms with Gasteiger partial charge >= 0.3 is 12.6 Å². The highest BCUT2D eigenvalue weighted by molar-refractivity contribution is 5.97. The predicted molar refractivity (Wildman–Crippen MR) is 91.0 cm³/mol. The van der Waals surface area contributed by atoms with Gasteiger partial charge in [0, 0.05) is 18.3 Å². The predicted octanol–water partition coefficient (Wildman–Crippen LogP) is 3.47. The molecule has 1 atom stereocenters. The molecule has 0 fully saturated rings. The van der Waals surface area contributed by atoms with Gasteiger partial charge in [-0.25, -0.2) is 0 Å². The van der Waals surface area contributed by atoms with Crippen LogP contribution in [-0.4, -0.2) is 28.1 Å². The lowest BCUT2D eigenvalue weighted by atomic mass is 10.1. The van der Waals surface area contributed by atoms with E-state index >= 15 is 0 Å². The molecule has 3 rings (SSSR count). The second kappa shape index (κ2) is 7.74. The number of nitrogens with one attached hydrogen (secondary N) is 1. The monoisotopic (exact) mass is 414 g/mol. The molecule has 154 valence electrons. The minimum absolute atomic E-state index is 0.0707. The van der Waals surface area contributed by atoms with E-state index in [2.05, 4.69) is 9.72 Å². The van der Waals surface area contributed by atoms with Crippen LogP contribution in [0, 0.1) is 5.41 Å². The van der Waals surface area contributed by atoms with E-state index in [4.69, 9.17) is 11.1 Å². The number of benzene rings is 1. The highest BCUT2D eigenvalue weighted by Crippen LogP contribution is 2.30. The second-order valence-corrected chi connectivity index (χ2v) is 6.32. The van der Waals surface area contributed by atoms with Crippen LogP contribution in [0.2, 0.25) is 0 Å². The van der Waals surface area contributed by atoms with E-state index in [1.54, 1.807) is 0 Å². The zero-order valence-corrected chi connectivity index (χ0v) is 14.7. The number of ether oxygens (including phenoxy) is 1. The molecule has 6 nitrogen and oxygen atoms in total. The van der Waals surface area contributed by atoms with Crippen molar-refractivity contribution in [1.29, 1.82) is 5.41 Å². The summed E-state index contributed by atoms with van der Waals surface area (Å²) in [6, 6.07) is 5.80. The molecule has 1 unspecified atom stereocenters. The van der Waals surface area contributed by atoms with Crippen LogP contribution in [0.3, 0.4) is 0 Å². The normalized spacial score (nSPS) is 14.9. The van der Waals surface area contributed by atoms with E-state index in [0.29, 0.717) is 11.3 Å². The van der Waals surface area contributed by atoms with Gasteiger partial charge in [-0.2, -0.15) is 22.0 Å². The van der Waals surface area contributed by atoms with Gasteiger partial charge in [0.2, 0.25) is 0 Å². The lowest BCUT2D eigenvalue weighted by Gasteiger charge is -2.16. The van der Waals surface area contributed by atoms with E-state index in [0.717, 1.165) is 12.1 Å². The molecule has 11 heteroatoms. The minimum Gasteiger partial charge on any atom is -0.454 e. The number of carbonyl (C=O) groups is 1. The first-order valence-corrected chi connectivity index (χ1v) is 8.29. The zero-order valence-electron chi connectivity index (χ0n) is 14.7. The smallest absolute Gasteiger partial charge is 0.416 e. The summed E-state index contributed by atoms with van der Waals surface area (Å²) in [5, 5.41) is 7.01. The number of halogens is 5. The molecule has 0 radical (unpaired) electrons. The third kappa shape index (κ3) is 4.50. The average Bonchev–Trinajstić information content (AvgIpc) is 2.96. The van der Waals surface area contributed by atoms with Crippen molar-refractivity contribution in [3.63, 3.8) is 0 Å². The molecule has 0 saturated carbocycles. The number of hydrogen-bond donors (Lipinski definition) is 2. The number of rotatable bonds is 5. The molecule has 1 aliphatic rings. The van der Waals surface area contributed by atoms with Gasteiger partial charge in [-0.3, -0.25) is 20.9 Å². The molecule has 1 aromatic heterocycles. The first-order valence-electron chi connectivity index (χ1n) is 8.29. The van der Waals surface area contributed by atoms with Crippen molar-refractivity contribution < 1.29 is 31.5 Å². The molecule has 0 bridgehead atoms. The Labute approximate surface area is 161 Å². The van der Waals surface area contributed by atoms with Crippen molar-refractivity contribution in [3.8, 4) is 0 Å². The highest BCUT2D eigenvalue weighted by atomic mass is 19.4. The Morgan fingerprint density at radius 3 is 2.52 bits per heavy atom. The standard InChI is InChI=1S/C18H15F5N4O2/c19-14(20)16(25)29-15(24)10-5-12-13(26-6-10)8-27(17(12)28)7-9-1-3-11(4-2-9)18(21,22)23/h1-6,14-15,25H,7-8,24H2. The molecule has 1 aliphatic heterocycles. The zero-order chi connectivity index (χ0) is 21.3. The summed E-state index contributed by atoms with van der Waals surface area (Å²) >= 11 is 0. The molecule has 2 aromatic rings. The molecular weight excluding hydrogens is 399 g/mol. The Kier molecular flexibility index (Phi) is 5.51. The fourth-order valence-corrected chi connectivity index (χ4v) is 2.80. The summed E-state index contributed by atoms with van der Waals surface area (Å²) in [6.45, 7) is 0.208. The number of nitrogens with zero attached hydrogens (tertiary/aromatic N) is 2. The molecule has 0 spiro atoms. The molecule has 29 heavy (non-hydrogen) atoms. The van der Waals surface area contributed by atoms with Crippen molar-refractivity contribution in [2.45, 2.75) is 31.9 Å². The van der Waals surface area contributed by atoms with Gasteiger partial charge in [0.1, 0.15) is 0 Å². The maximum absolute atomic E-state index is 12.6.